The van der Waals surface area contributed by atoms with Gasteiger partial charge in [0, 0.05) is 72.8 Å². The van der Waals surface area contributed by atoms with Crippen LogP contribution in [-0.2, 0) is 10.8 Å². The van der Waals surface area contributed by atoms with Crippen molar-refractivity contribution >= 4 is 71.6 Å². The van der Waals surface area contributed by atoms with Gasteiger partial charge in [0.1, 0.15) is 0 Å². The van der Waals surface area contributed by atoms with Gasteiger partial charge in [-0.05, 0) is 112 Å². The normalized spacial score (nSPS) is 12.3. The van der Waals surface area contributed by atoms with Gasteiger partial charge in [-0.1, -0.05) is 169 Å². The molecule has 0 saturated carbocycles. The Labute approximate surface area is 398 Å². The van der Waals surface area contributed by atoms with E-state index >= 15 is 0 Å². The zero-order chi connectivity index (χ0) is 46.3. The lowest BCUT2D eigenvalue weighted by atomic mass is 9.87. The minimum absolute atomic E-state index is 0.0226. The molecule has 0 atom stereocenters. The second-order valence-corrected chi connectivity index (χ2v) is 20.3. The van der Waals surface area contributed by atoms with Crippen LogP contribution in [0.1, 0.15) is 52.7 Å². The Morgan fingerprint density at radius 3 is 1.54 bits per heavy atom. The van der Waals surface area contributed by atoms with E-state index in [0.717, 1.165) is 34.1 Å². The molecule has 0 radical (unpaired) electrons. The van der Waals surface area contributed by atoms with E-state index in [9.17, 15) is 0 Å². The molecule has 0 saturated heterocycles. The molecule has 0 unspecified atom stereocenters. The standard InChI is InChI=1S/C64H54N4/c1-63(2,3)44-28-32-47(33-29-44)66(51-36-39-60-56(41-51)53-25-14-15-26-58(53)67(60)48-34-30-45(31-35-48)64(4,5)6)49-22-17-23-50(40-49)68-59-27-16-13-24-52(59)54-37-38-55-57(43-18-9-7-10-19-43)42-65(61(55)62(54)68)46-20-11-8-12-21-46/h7-42H,1-6H3. The molecule has 3 aromatic heterocycles. The summed E-state index contributed by atoms with van der Waals surface area (Å²) in [7, 11) is 0. The lowest BCUT2D eigenvalue weighted by molar-refractivity contribution is 0.590. The zero-order valence-corrected chi connectivity index (χ0v) is 39.6. The van der Waals surface area contributed by atoms with Crippen molar-refractivity contribution in [1.29, 1.82) is 0 Å². The largest absolute Gasteiger partial charge is 0.314 e. The first-order valence-corrected chi connectivity index (χ1v) is 23.8. The van der Waals surface area contributed by atoms with Crippen molar-refractivity contribution in [2.45, 2.75) is 52.4 Å². The Kier molecular flexibility index (Phi) is 9.60. The highest BCUT2D eigenvalue weighted by Crippen LogP contribution is 2.45. The molecule has 330 valence electrons. The Bertz CT molecular complexity index is 3830. The first kappa shape index (κ1) is 41.4. The summed E-state index contributed by atoms with van der Waals surface area (Å²) in [5.41, 5.74) is 17.7. The third-order valence-electron chi connectivity index (χ3n) is 14.0. The van der Waals surface area contributed by atoms with E-state index in [1.807, 2.05) is 0 Å². The predicted octanol–water partition coefficient (Wildman–Crippen LogP) is 17.6. The first-order valence-electron chi connectivity index (χ1n) is 23.8. The number of hydrogen-bond donors (Lipinski definition) is 0. The van der Waals surface area contributed by atoms with E-state index in [4.69, 9.17) is 0 Å². The fourth-order valence-electron chi connectivity index (χ4n) is 10.5. The molecule has 4 heteroatoms. The second kappa shape index (κ2) is 15.8. The Morgan fingerprint density at radius 1 is 0.338 bits per heavy atom. The summed E-state index contributed by atoms with van der Waals surface area (Å²) in [4.78, 5) is 2.43. The van der Waals surface area contributed by atoms with Crippen LogP contribution < -0.4 is 4.90 Å². The molecule has 12 rings (SSSR count). The van der Waals surface area contributed by atoms with Crippen LogP contribution in [0.2, 0.25) is 0 Å². The van der Waals surface area contributed by atoms with Gasteiger partial charge in [0.05, 0.1) is 27.6 Å². The van der Waals surface area contributed by atoms with Crippen molar-refractivity contribution in [3.05, 3.63) is 230 Å². The number of nitrogens with zero attached hydrogens (tertiary/aromatic N) is 4. The van der Waals surface area contributed by atoms with E-state index in [0.29, 0.717) is 0 Å². The van der Waals surface area contributed by atoms with Crippen molar-refractivity contribution in [3.8, 4) is 28.2 Å². The summed E-state index contributed by atoms with van der Waals surface area (Å²) in [5, 5.41) is 6.10. The van der Waals surface area contributed by atoms with Crippen LogP contribution in [0.25, 0.3) is 82.7 Å². The van der Waals surface area contributed by atoms with E-state index in [2.05, 4.69) is 279 Å². The third kappa shape index (κ3) is 6.82. The zero-order valence-electron chi connectivity index (χ0n) is 39.6. The molecule has 9 aromatic carbocycles. The van der Waals surface area contributed by atoms with Crippen LogP contribution in [0.5, 0.6) is 0 Å². The molecule has 0 N–H and O–H groups in total. The summed E-state index contributed by atoms with van der Waals surface area (Å²) in [6.07, 6.45) is 2.32. The molecule has 0 fully saturated rings. The van der Waals surface area contributed by atoms with Gasteiger partial charge in [-0.15, -0.1) is 0 Å². The molecule has 0 amide bonds. The number of para-hydroxylation sites is 3. The van der Waals surface area contributed by atoms with Gasteiger partial charge in [0.2, 0.25) is 0 Å². The van der Waals surface area contributed by atoms with Crippen molar-refractivity contribution in [1.82, 2.24) is 13.7 Å². The van der Waals surface area contributed by atoms with E-state index in [-0.39, 0.29) is 10.8 Å². The molecular formula is C64H54N4. The van der Waals surface area contributed by atoms with Gasteiger partial charge >= 0.3 is 0 Å². The number of aromatic nitrogens is 3. The maximum Gasteiger partial charge on any atom is 0.0788 e. The highest BCUT2D eigenvalue weighted by Gasteiger charge is 2.24. The topological polar surface area (TPSA) is 18.0 Å². The Hall–Kier alpha value is -8.08. The Balaban J connectivity index is 1.09. The van der Waals surface area contributed by atoms with Crippen molar-refractivity contribution in [2.75, 3.05) is 4.90 Å². The average Bonchev–Trinajstić information content (AvgIpc) is 4.03. The predicted molar refractivity (Wildman–Crippen MR) is 289 cm³/mol. The minimum Gasteiger partial charge on any atom is -0.314 e. The van der Waals surface area contributed by atoms with Gasteiger partial charge in [-0.3, -0.25) is 0 Å². The van der Waals surface area contributed by atoms with Crippen molar-refractivity contribution < 1.29 is 0 Å². The number of anilines is 3. The lowest BCUT2D eigenvalue weighted by Crippen LogP contribution is -2.13. The third-order valence-corrected chi connectivity index (χ3v) is 14.0. The molecular weight excluding hydrogens is 825 g/mol. The molecule has 0 aliphatic heterocycles. The van der Waals surface area contributed by atoms with Crippen molar-refractivity contribution in [3.63, 3.8) is 0 Å². The summed E-state index contributed by atoms with van der Waals surface area (Å²) in [6.45, 7) is 13.7. The number of fused-ring (bicyclic) bond motifs is 8. The van der Waals surface area contributed by atoms with Crippen LogP contribution in [0.15, 0.2) is 219 Å². The molecule has 0 aliphatic rings. The van der Waals surface area contributed by atoms with Gasteiger partial charge in [-0.25, -0.2) is 0 Å². The van der Waals surface area contributed by atoms with Gasteiger partial charge in [0.15, 0.2) is 0 Å². The van der Waals surface area contributed by atoms with Gasteiger partial charge in [0.25, 0.3) is 0 Å². The van der Waals surface area contributed by atoms with Crippen LogP contribution in [0.3, 0.4) is 0 Å². The van der Waals surface area contributed by atoms with Gasteiger partial charge in [-0.2, -0.15) is 0 Å². The van der Waals surface area contributed by atoms with E-state index < -0.39 is 0 Å². The van der Waals surface area contributed by atoms with Crippen LogP contribution >= 0.6 is 0 Å². The second-order valence-electron chi connectivity index (χ2n) is 20.3. The summed E-state index contributed by atoms with van der Waals surface area (Å²) in [5.74, 6) is 0. The molecule has 68 heavy (non-hydrogen) atoms. The molecule has 0 aliphatic carbocycles. The maximum absolute atomic E-state index is 2.49. The van der Waals surface area contributed by atoms with E-state index in [1.165, 1.54) is 76.8 Å². The smallest absolute Gasteiger partial charge is 0.0788 e. The highest BCUT2D eigenvalue weighted by molar-refractivity contribution is 6.20. The molecule has 0 spiro atoms. The monoisotopic (exact) mass is 878 g/mol. The number of rotatable bonds is 7. The average molecular weight is 879 g/mol. The fourth-order valence-corrected chi connectivity index (χ4v) is 10.5. The summed E-state index contributed by atoms with van der Waals surface area (Å²) < 4.78 is 7.31. The van der Waals surface area contributed by atoms with Crippen LogP contribution in [0.4, 0.5) is 17.1 Å². The van der Waals surface area contributed by atoms with Crippen LogP contribution in [0, 0.1) is 0 Å². The first-order chi connectivity index (χ1) is 33.0. The quantitative estimate of drug-likeness (QED) is 0.156. The molecule has 4 nitrogen and oxygen atoms in total. The minimum atomic E-state index is 0.0226. The molecule has 0 bridgehead atoms. The van der Waals surface area contributed by atoms with Crippen molar-refractivity contribution in [2.24, 2.45) is 0 Å². The number of benzene rings is 9. The number of hydrogen-bond acceptors (Lipinski definition) is 1. The van der Waals surface area contributed by atoms with E-state index in [1.54, 1.807) is 0 Å². The lowest BCUT2D eigenvalue weighted by Gasteiger charge is -2.27. The van der Waals surface area contributed by atoms with Crippen LogP contribution in [-0.4, -0.2) is 13.7 Å². The molecule has 12 aromatic rings. The maximum atomic E-state index is 2.49. The highest BCUT2D eigenvalue weighted by atomic mass is 15.1. The van der Waals surface area contributed by atoms with Gasteiger partial charge < -0.3 is 18.6 Å². The molecule has 3 heterocycles. The SMILES string of the molecule is CC(C)(C)c1ccc(N(c2cccc(-n3c4ccccc4c4ccc5c(-c6ccccc6)cn(-c6ccccc6)c5c43)c2)c2ccc3c(c2)c2ccccc2n3-c2ccc(C(C)(C)C)cc2)cc1. The fraction of sp³-hybridized carbons (Fsp3) is 0.125. The summed E-state index contributed by atoms with van der Waals surface area (Å²) >= 11 is 0. The Morgan fingerprint density at radius 2 is 0.868 bits per heavy atom. The summed E-state index contributed by atoms with van der Waals surface area (Å²) in [6, 6.07) is 78.3.